The van der Waals surface area contributed by atoms with Gasteiger partial charge in [0.15, 0.2) is 5.78 Å². The number of amides is 2. The van der Waals surface area contributed by atoms with Crippen LogP contribution in [0.25, 0.3) is 0 Å². The van der Waals surface area contributed by atoms with Gasteiger partial charge in [0.1, 0.15) is 6.29 Å². The summed E-state index contributed by atoms with van der Waals surface area (Å²) in [6.45, 7) is 9.72. The number of carbonyl (C=O) groups is 4. The summed E-state index contributed by atoms with van der Waals surface area (Å²) in [7, 11) is 0. The molecule has 2 saturated heterocycles. The van der Waals surface area contributed by atoms with Crippen LogP contribution in [0.2, 0.25) is 0 Å². The summed E-state index contributed by atoms with van der Waals surface area (Å²) in [6.07, 6.45) is 6.20. The fraction of sp³-hybridized carbons (Fsp3) is 0.600. The first-order valence-corrected chi connectivity index (χ1v) is 11.4. The molecule has 3 rings (SSSR count). The molecular weight excluding hydrogens is 392 g/mol. The van der Waals surface area contributed by atoms with Crippen molar-refractivity contribution in [3.05, 3.63) is 29.3 Å². The van der Waals surface area contributed by atoms with Crippen molar-refractivity contribution >= 4 is 29.6 Å². The van der Waals surface area contributed by atoms with E-state index in [9.17, 15) is 19.2 Å². The van der Waals surface area contributed by atoms with Gasteiger partial charge in [-0.2, -0.15) is 0 Å². The zero-order chi connectivity index (χ0) is 23.0. The zero-order valence-corrected chi connectivity index (χ0v) is 19.3. The molecule has 2 unspecified atom stereocenters. The number of benzene rings is 1. The molecule has 6 heteroatoms. The molecule has 0 aliphatic carbocycles. The Balaban J connectivity index is 0.000000316. The van der Waals surface area contributed by atoms with Gasteiger partial charge in [0.2, 0.25) is 11.8 Å². The summed E-state index contributed by atoms with van der Waals surface area (Å²) in [5.74, 6) is 0.679. The maximum atomic E-state index is 11.9. The van der Waals surface area contributed by atoms with E-state index in [1.54, 1.807) is 6.92 Å². The second-order valence-electron chi connectivity index (χ2n) is 8.93. The van der Waals surface area contributed by atoms with Crippen LogP contribution >= 0.6 is 0 Å². The van der Waals surface area contributed by atoms with E-state index in [2.05, 4.69) is 36.2 Å². The largest absolute Gasteiger partial charge is 0.371 e. The molecular formula is C25H36N2O4. The third-order valence-electron chi connectivity index (χ3n) is 6.35. The van der Waals surface area contributed by atoms with E-state index in [0.29, 0.717) is 18.8 Å². The Kier molecular flexibility index (Phi) is 9.41. The Morgan fingerprint density at radius 3 is 2.42 bits per heavy atom. The number of nitrogens with zero attached hydrogens (tertiary/aromatic N) is 1. The van der Waals surface area contributed by atoms with E-state index < -0.39 is 0 Å². The highest BCUT2D eigenvalue weighted by molar-refractivity contribution is 5.98. The van der Waals surface area contributed by atoms with Crippen molar-refractivity contribution in [2.75, 3.05) is 18.0 Å². The molecule has 0 saturated carbocycles. The second kappa shape index (κ2) is 11.8. The maximum Gasteiger partial charge on any atom is 0.229 e. The van der Waals surface area contributed by atoms with Crippen LogP contribution in [0.1, 0.15) is 75.7 Å². The molecule has 2 aliphatic rings. The molecule has 2 fully saturated rings. The number of Topliss-reactive ketones (excluding diaryl/α,β-unsaturated/α-hetero) is 1. The zero-order valence-electron chi connectivity index (χ0n) is 19.3. The lowest BCUT2D eigenvalue weighted by Gasteiger charge is -2.32. The Morgan fingerprint density at radius 1 is 1.23 bits per heavy atom. The van der Waals surface area contributed by atoms with E-state index in [-0.39, 0.29) is 29.4 Å². The smallest absolute Gasteiger partial charge is 0.229 e. The maximum absolute atomic E-state index is 11.9. The van der Waals surface area contributed by atoms with Crippen LogP contribution in [-0.4, -0.2) is 37.0 Å². The highest BCUT2D eigenvalue weighted by Crippen LogP contribution is 2.27. The molecule has 0 radical (unpaired) electrons. The average molecular weight is 429 g/mol. The molecule has 0 bridgehead atoms. The highest BCUT2D eigenvalue weighted by Gasteiger charge is 2.22. The summed E-state index contributed by atoms with van der Waals surface area (Å²) in [5.41, 5.74) is 3.20. The van der Waals surface area contributed by atoms with Crippen LogP contribution < -0.4 is 10.2 Å². The number of piperidine rings is 2. The number of hydrogen-bond acceptors (Lipinski definition) is 5. The Morgan fingerprint density at radius 2 is 1.90 bits per heavy atom. The van der Waals surface area contributed by atoms with Gasteiger partial charge in [-0.25, -0.2) is 0 Å². The number of aldehydes is 1. The molecule has 1 aromatic carbocycles. The van der Waals surface area contributed by atoms with Gasteiger partial charge in [-0.1, -0.05) is 27.2 Å². The molecule has 31 heavy (non-hydrogen) atoms. The van der Waals surface area contributed by atoms with Gasteiger partial charge in [-0.05, 0) is 62.3 Å². The van der Waals surface area contributed by atoms with Crippen molar-refractivity contribution in [3.63, 3.8) is 0 Å². The number of hydrogen-bond donors (Lipinski definition) is 1. The van der Waals surface area contributed by atoms with Crippen LogP contribution in [0.3, 0.4) is 0 Å². The van der Waals surface area contributed by atoms with E-state index in [1.165, 1.54) is 5.69 Å². The van der Waals surface area contributed by atoms with Gasteiger partial charge in [0, 0.05) is 42.6 Å². The van der Waals surface area contributed by atoms with Crippen molar-refractivity contribution in [1.82, 2.24) is 5.32 Å². The molecule has 170 valence electrons. The fourth-order valence-corrected chi connectivity index (χ4v) is 3.90. The third kappa shape index (κ3) is 7.30. The summed E-state index contributed by atoms with van der Waals surface area (Å²) in [5, 5.41) is 2.25. The van der Waals surface area contributed by atoms with Crippen molar-refractivity contribution < 1.29 is 19.2 Å². The van der Waals surface area contributed by atoms with Crippen LogP contribution in [-0.2, 0) is 20.8 Å². The van der Waals surface area contributed by atoms with Gasteiger partial charge in [0.25, 0.3) is 0 Å². The van der Waals surface area contributed by atoms with E-state index in [4.69, 9.17) is 0 Å². The van der Waals surface area contributed by atoms with Crippen molar-refractivity contribution in [2.45, 2.75) is 66.2 Å². The van der Waals surface area contributed by atoms with Crippen LogP contribution in [0.15, 0.2) is 18.2 Å². The number of rotatable bonds is 6. The first-order chi connectivity index (χ1) is 14.7. The molecule has 2 aliphatic heterocycles. The topological polar surface area (TPSA) is 83.6 Å². The van der Waals surface area contributed by atoms with E-state index in [0.717, 1.165) is 56.2 Å². The molecule has 1 aromatic rings. The molecule has 1 N–H and O–H groups in total. The van der Waals surface area contributed by atoms with E-state index >= 15 is 0 Å². The standard InChI is InChI=1S/C19H27NO2.C6H9NO2/c1-4-14(2)11-17-12-18(5-6-19(17)15(3)22)20-9-7-16(13-21)8-10-20;1-4-2-3-5(8)7-6(4)9/h5-6,12-14,16H,4,7-11H2,1-3H3;4H,2-3H2,1H3,(H,7,8,9). The lowest BCUT2D eigenvalue weighted by Crippen LogP contribution is -2.39. The molecule has 0 spiro atoms. The van der Waals surface area contributed by atoms with Gasteiger partial charge in [-0.3, -0.25) is 19.7 Å². The van der Waals surface area contributed by atoms with E-state index in [1.807, 2.05) is 13.0 Å². The van der Waals surface area contributed by atoms with Crippen LogP contribution in [0.4, 0.5) is 5.69 Å². The van der Waals surface area contributed by atoms with Crippen molar-refractivity contribution in [2.24, 2.45) is 17.8 Å². The van der Waals surface area contributed by atoms with Gasteiger partial charge < -0.3 is 9.69 Å². The number of anilines is 1. The second-order valence-corrected chi connectivity index (χ2v) is 8.93. The highest BCUT2D eigenvalue weighted by atomic mass is 16.2. The van der Waals surface area contributed by atoms with Crippen molar-refractivity contribution in [1.29, 1.82) is 0 Å². The molecule has 6 nitrogen and oxygen atoms in total. The normalized spacial score (nSPS) is 20.4. The minimum absolute atomic E-state index is 0.0164. The molecule has 2 heterocycles. The predicted molar refractivity (Wildman–Crippen MR) is 122 cm³/mol. The monoisotopic (exact) mass is 428 g/mol. The summed E-state index contributed by atoms with van der Waals surface area (Å²) >= 11 is 0. The van der Waals surface area contributed by atoms with Crippen LogP contribution in [0, 0.1) is 17.8 Å². The third-order valence-corrected chi connectivity index (χ3v) is 6.35. The SMILES string of the molecule is CC1CCC(=O)NC1=O.CCC(C)Cc1cc(N2CCC(C=O)CC2)ccc1C(C)=O. The number of nitrogens with one attached hydrogen (secondary N) is 1. The average Bonchev–Trinajstić information content (AvgIpc) is 2.76. The Hall–Kier alpha value is -2.50. The van der Waals surface area contributed by atoms with Gasteiger partial charge in [-0.15, -0.1) is 0 Å². The number of imide groups is 1. The summed E-state index contributed by atoms with van der Waals surface area (Å²) in [4.78, 5) is 46.2. The minimum Gasteiger partial charge on any atom is -0.371 e. The molecule has 0 aromatic heterocycles. The quantitative estimate of drug-likeness (QED) is 0.421. The Bertz CT molecular complexity index is 797. The lowest BCUT2D eigenvalue weighted by atomic mass is 9.92. The summed E-state index contributed by atoms with van der Waals surface area (Å²) < 4.78 is 0. The molecule has 2 atom stereocenters. The summed E-state index contributed by atoms with van der Waals surface area (Å²) in [6, 6.07) is 6.21. The van der Waals surface area contributed by atoms with Gasteiger partial charge >= 0.3 is 0 Å². The first-order valence-electron chi connectivity index (χ1n) is 11.4. The minimum atomic E-state index is -0.141. The van der Waals surface area contributed by atoms with Gasteiger partial charge in [0.05, 0.1) is 0 Å². The number of carbonyl (C=O) groups excluding carboxylic acids is 4. The first kappa shape index (κ1) is 24.8. The van der Waals surface area contributed by atoms with Crippen molar-refractivity contribution in [3.8, 4) is 0 Å². The fourth-order valence-electron chi connectivity index (χ4n) is 3.90. The van der Waals surface area contributed by atoms with Crippen LogP contribution in [0.5, 0.6) is 0 Å². The lowest BCUT2D eigenvalue weighted by molar-refractivity contribution is -0.135. The number of ketones is 1. The molecule has 2 amide bonds. The Labute approximate surface area is 185 Å². The predicted octanol–water partition coefficient (Wildman–Crippen LogP) is 3.95.